The molecule has 1 heterocycles. The molecule has 1 atom stereocenters. The first kappa shape index (κ1) is 12.2. The van der Waals surface area contributed by atoms with Crippen LogP contribution in [0.15, 0.2) is 45.3 Å². The number of aliphatic hydroxyl groups excluding tert-OH is 1. The second-order valence-electron chi connectivity index (χ2n) is 3.73. The predicted molar refractivity (Wildman–Crippen MR) is 68.0 cm³/mol. The fourth-order valence-corrected chi connectivity index (χ4v) is 1.82. The number of halogens is 1. The van der Waals surface area contributed by atoms with E-state index in [1.54, 1.807) is 6.07 Å². The number of hydrogen-bond acceptors (Lipinski definition) is 3. The van der Waals surface area contributed by atoms with Gasteiger partial charge in [0.05, 0.1) is 0 Å². The highest BCUT2D eigenvalue weighted by atomic mass is 79.9. The summed E-state index contributed by atoms with van der Waals surface area (Å²) >= 11 is 3.36. The molecule has 1 aromatic heterocycles. The average molecular weight is 297 g/mol. The number of benzene rings is 1. The van der Waals surface area contributed by atoms with Crippen molar-refractivity contribution in [2.45, 2.75) is 13.0 Å². The van der Waals surface area contributed by atoms with Gasteiger partial charge in [0.15, 0.2) is 0 Å². The van der Waals surface area contributed by atoms with Crippen LogP contribution in [-0.4, -0.2) is 11.7 Å². The molecule has 1 unspecified atom stereocenters. The van der Waals surface area contributed by atoms with Crippen LogP contribution in [0, 0.1) is 6.92 Å². The van der Waals surface area contributed by atoms with Gasteiger partial charge in [-0.15, -0.1) is 0 Å². The molecule has 0 saturated carbocycles. The Balaban J connectivity index is 1.94. The van der Waals surface area contributed by atoms with Gasteiger partial charge in [-0.25, -0.2) is 0 Å². The molecule has 90 valence electrons. The van der Waals surface area contributed by atoms with Gasteiger partial charge >= 0.3 is 0 Å². The summed E-state index contributed by atoms with van der Waals surface area (Å²) < 4.78 is 11.7. The van der Waals surface area contributed by atoms with E-state index in [1.165, 1.54) is 0 Å². The standard InChI is InChI=1S/C13H13BrO3/c1-9-5-6-13(17-9)12(15)8-16-11-4-2-3-10(14)7-11/h2-7,12,15H,8H2,1H3. The zero-order chi connectivity index (χ0) is 12.3. The molecular formula is C13H13BrO3. The van der Waals surface area contributed by atoms with E-state index in [0.29, 0.717) is 11.5 Å². The van der Waals surface area contributed by atoms with Crippen molar-refractivity contribution in [3.8, 4) is 5.75 Å². The molecule has 0 spiro atoms. The van der Waals surface area contributed by atoms with Crippen LogP contribution in [0.1, 0.15) is 17.6 Å². The van der Waals surface area contributed by atoms with Crippen LogP contribution < -0.4 is 4.74 Å². The number of ether oxygens (including phenoxy) is 1. The van der Waals surface area contributed by atoms with Gasteiger partial charge in [0.25, 0.3) is 0 Å². The van der Waals surface area contributed by atoms with Gasteiger partial charge in [-0.2, -0.15) is 0 Å². The van der Waals surface area contributed by atoms with E-state index < -0.39 is 6.10 Å². The Labute approximate surface area is 108 Å². The van der Waals surface area contributed by atoms with Crippen molar-refractivity contribution < 1.29 is 14.3 Å². The molecule has 17 heavy (non-hydrogen) atoms. The normalized spacial score (nSPS) is 12.4. The van der Waals surface area contributed by atoms with Crippen molar-refractivity contribution in [3.63, 3.8) is 0 Å². The Kier molecular flexibility index (Phi) is 3.86. The molecule has 0 saturated heterocycles. The molecular weight excluding hydrogens is 284 g/mol. The van der Waals surface area contributed by atoms with Gasteiger partial charge in [0.1, 0.15) is 30.0 Å². The van der Waals surface area contributed by atoms with E-state index in [-0.39, 0.29) is 6.61 Å². The summed E-state index contributed by atoms with van der Waals surface area (Å²) in [5.41, 5.74) is 0. The third-order valence-electron chi connectivity index (χ3n) is 2.29. The first-order valence-corrected chi connectivity index (χ1v) is 6.07. The minimum Gasteiger partial charge on any atom is -0.490 e. The highest BCUT2D eigenvalue weighted by Crippen LogP contribution is 2.21. The van der Waals surface area contributed by atoms with Crippen molar-refractivity contribution in [2.24, 2.45) is 0 Å². The van der Waals surface area contributed by atoms with E-state index in [9.17, 15) is 5.11 Å². The number of hydrogen-bond donors (Lipinski definition) is 1. The zero-order valence-electron chi connectivity index (χ0n) is 9.39. The van der Waals surface area contributed by atoms with Crippen molar-refractivity contribution in [2.75, 3.05) is 6.61 Å². The van der Waals surface area contributed by atoms with Gasteiger partial charge < -0.3 is 14.3 Å². The Morgan fingerprint density at radius 1 is 1.35 bits per heavy atom. The maximum atomic E-state index is 9.83. The third-order valence-corrected chi connectivity index (χ3v) is 2.79. The summed E-state index contributed by atoms with van der Waals surface area (Å²) in [7, 11) is 0. The lowest BCUT2D eigenvalue weighted by atomic mass is 10.3. The Bertz CT molecular complexity index is 493. The molecule has 1 N–H and O–H groups in total. The molecule has 3 nitrogen and oxygen atoms in total. The Hall–Kier alpha value is -1.26. The largest absolute Gasteiger partial charge is 0.490 e. The van der Waals surface area contributed by atoms with E-state index in [2.05, 4.69) is 15.9 Å². The highest BCUT2D eigenvalue weighted by Gasteiger charge is 2.12. The van der Waals surface area contributed by atoms with Gasteiger partial charge in [-0.1, -0.05) is 22.0 Å². The monoisotopic (exact) mass is 296 g/mol. The van der Waals surface area contributed by atoms with E-state index in [1.807, 2.05) is 37.3 Å². The maximum Gasteiger partial charge on any atom is 0.145 e. The van der Waals surface area contributed by atoms with E-state index in [4.69, 9.17) is 9.15 Å². The summed E-state index contributed by atoms with van der Waals surface area (Å²) in [6.45, 7) is 2.01. The zero-order valence-corrected chi connectivity index (χ0v) is 11.0. The fraction of sp³-hybridized carbons (Fsp3) is 0.231. The molecule has 0 amide bonds. The number of aliphatic hydroxyl groups is 1. The molecule has 1 aromatic carbocycles. The number of furan rings is 1. The first-order chi connectivity index (χ1) is 8.15. The lowest BCUT2D eigenvalue weighted by Crippen LogP contribution is -2.08. The fourth-order valence-electron chi connectivity index (χ4n) is 1.45. The predicted octanol–water partition coefficient (Wildman–Crippen LogP) is 3.46. The number of rotatable bonds is 4. The van der Waals surface area contributed by atoms with Crippen LogP contribution in [0.4, 0.5) is 0 Å². The smallest absolute Gasteiger partial charge is 0.145 e. The SMILES string of the molecule is Cc1ccc(C(O)COc2cccc(Br)c2)o1. The molecule has 0 aliphatic heterocycles. The second-order valence-corrected chi connectivity index (χ2v) is 4.65. The molecule has 2 rings (SSSR count). The Morgan fingerprint density at radius 2 is 2.18 bits per heavy atom. The molecule has 0 aliphatic rings. The van der Waals surface area contributed by atoms with Crippen molar-refractivity contribution >= 4 is 15.9 Å². The van der Waals surface area contributed by atoms with E-state index in [0.717, 1.165) is 10.2 Å². The van der Waals surface area contributed by atoms with Crippen LogP contribution in [0.2, 0.25) is 0 Å². The van der Waals surface area contributed by atoms with Crippen LogP contribution in [-0.2, 0) is 0 Å². The molecule has 0 aliphatic carbocycles. The lowest BCUT2D eigenvalue weighted by Gasteiger charge is -2.10. The Morgan fingerprint density at radius 3 is 2.82 bits per heavy atom. The lowest BCUT2D eigenvalue weighted by molar-refractivity contribution is 0.0880. The number of aryl methyl sites for hydroxylation is 1. The summed E-state index contributed by atoms with van der Waals surface area (Å²) in [4.78, 5) is 0. The third kappa shape index (κ3) is 3.35. The quantitative estimate of drug-likeness (QED) is 0.939. The molecule has 0 fully saturated rings. The van der Waals surface area contributed by atoms with Gasteiger partial charge in [-0.3, -0.25) is 0 Å². The molecule has 0 bridgehead atoms. The van der Waals surface area contributed by atoms with Gasteiger partial charge in [0, 0.05) is 4.47 Å². The molecule has 4 heteroatoms. The average Bonchev–Trinajstić information content (AvgIpc) is 2.73. The van der Waals surface area contributed by atoms with Crippen LogP contribution in [0.3, 0.4) is 0 Å². The second kappa shape index (κ2) is 5.38. The maximum absolute atomic E-state index is 9.83. The van der Waals surface area contributed by atoms with E-state index >= 15 is 0 Å². The van der Waals surface area contributed by atoms with Crippen LogP contribution >= 0.6 is 15.9 Å². The van der Waals surface area contributed by atoms with Crippen LogP contribution in [0.5, 0.6) is 5.75 Å². The summed E-state index contributed by atoms with van der Waals surface area (Å²) in [6, 6.07) is 11.1. The summed E-state index contributed by atoms with van der Waals surface area (Å²) in [5, 5.41) is 9.83. The van der Waals surface area contributed by atoms with Crippen molar-refractivity contribution in [1.29, 1.82) is 0 Å². The van der Waals surface area contributed by atoms with Crippen molar-refractivity contribution in [3.05, 3.63) is 52.4 Å². The summed E-state index contributed by atoms with van der Waals surface area (Å²) in [5.74, 6) is 2.01. The molecule has 0 radical (unpaired) electrons. The van der Waals surface area contributed by atoms with Crippen molar-refractivity contribution in [1.82, 2.24) is 0 Å². The highest BCUT2D eigenvalue weighted by molar-refractivity contribution is 9.10. The molecule has 2 aromatic rings. The van der Waals surface area contributed by atoms with Crippen LogP contribution in [0.25, 0.3) is 0 Å². The first-order valence-electron chi connectivity index (χ1n) is 5.28. The van der Waals surface area contributed by atoms with Gasteiger partial charge in [0.2, 0.25) is 0 Å². The topological polar surface area (TPSA) is 42.6 Å². The minimum atomic E-state index is -0.748. The van der Waals surface area contributed by atoms with Gasteiger partial charge in [-0.05, 0) is 37.3 Å². The summed E-state index contributed by atoms with van der Waals surface area (Å²) in [6.07, 6.45) is -0.748. The minimum absolute atomic E-state index is 0.170.